The molecule has 4 unspecified atom stereocenters. The van der Waals surface area contributed by atoms with Crippen LogP contribution in [0.5, 0.6) is 0 Å². The molecule has 1 aromatic carbocycles. The van der Waals surface area contributed by atoms with Gasteiger partial charge in [-0.15, -0.1) is 0 Å². The van der Waals surface area contributed by atoms with E-state index in [1.54, 1.807) is 0 Å². The number of nitro groups is 2. The second kappa shape index (κ2) is 12.0. The van der Waals surface area contributed by atoms with Crippen LogP contribution in [0.2, 0.25) is 0 Å². The highest BCUT2D eigenvalue weighted by atomic mass is 16.6. The van der Waals surface area contributed by atoms with Crippen molar-refractivity contribution in [1.82, 2.24) is 0 Å². The van der Waals surface area contributed by atoms with Gasteiger partial charge in [0.15, 0.2) is 0 Å². The highest BCUT2D eigenvalue weighted by Crippen LogP contribution is 2.67. The molecule has 1 aromatic rings. The predicted molar refractivity (Wildman–Crippen MR) is 167 cm³/mol. The van der Waals surface area contributed by atoms with Crippen LogP contribution < -0.4 is 0 Å². The zero-order chi connectivity index (χ0) is 31.3. The minimum atomic E-state index is -0.722. The summed E-state index contributed by atoms with van der Waals surface area (Å²) < 4.78 is 5.91. The number of non-ortho nitro benzene ring substituents is 1. The smallest absolute Gasteiger partial charge is 0.339 e. The molecule has 4 aliphatic carbocycles. The summed E-state index contributed by atoms with van der Waals surface area (Å²) >= 11 is 0. The Bertz CT molecular complexity index is 1310. The van der Waals surface area contributed by atoms with Crippen LogP contribution in [0.4, 0.5) is 11.4 Å². The van der Waals surface area contributed by atoms with Crippen LogP contribution in [-0.2, 0) is 4.74 Å². The molecular weight excluding hydrogens is 544 g/mol. The maximum Gasteiger partial charge on any atom is 0.339 e. The Kier molecular flexibility index (Phi) is 8.80. The summed E-state index contributed by atoms with van der Waals surface area (Å²) in [7, 11) is 0. The quantitative estimate of drug-likeness (QED) is 0.122. The van der Waals surface area contributed by atoms with E-state index in [2.05, 4.69) is 40.7 Å². The van der Waals surface area contributed by atoms with Gasteiger partial charge < -0.3 is 4.74 Å². The molecule has 0 N–H and O–H groups in total. The Morgan fingerprint density at radius 2 is 1.74 bits per heavy atom. The molecule has 43 heavy (non-hydrogen) atoms. The Labute approximate surface area is 256 Å². The fourth-order valence-electron chi connectivity index (χ4n) is 10.2. The first-order valence-corrected chi connectivity index (χ1v) is 16.6. The maximum atomic E-state index is 13.2. The predicted octanol–water partition coefficient (Wildman–Crippen LogP) is 9.38. The third-order valence-corrected chi connectivity index (χ3v) is 12.5. The first-order chi connectivity index (χ1) is 20.3. The maximum absolute atomic E-state index is 13.2. The van der Waals surface area contributed by atoms with Crippen molar-refractivity contribution in [2.24, 2.45) is 46.3 Å². The van der Waals surface area contributed by atoms with E-state index < -0.39 is 27.2 Å². The Morgan fingerprint density at radius 1 is 1.00 bits per heavy atom. The van der Waals surface area contributed by atoms with Crippen LogP contribution in [0.25, 0.3) is 0 Å². The second-order valence-corrected chi connectivity index (χ2v) is 15.2. The summed E-state index contributed by atoms with van der Waals surface area (Å²) in [5.41, 5.74) is 0.995. The van der Waals surface area contributed by atoms with Crippen LogP contribution >= 0.6 is 0 Å². The minimum Gasteiger partial charge on any atom is -0.458 e. The SMILES string of the molecule is Cc1c(C(=O)OC2CC[C@@]3(C)C(=CCC4C3CC[C@@]3(C)C4CC[C@@H]3[C@H](C)CCCC(C)C)C2)cc([N+](=O)[O-])cc1[N+](=O)[O-]. The Balaban J connectivity index is 1.28. The monoisotopic (exact) mass is 594 g/mol. The number of nitro benzene ring substituents is 2. The van der Waals surface area contributed by atoms with Gasteiger partial charge in [0.05, 0.1) is 21.5 Å². The molecule has 3 saturated carbocycles. The summed E-state index contributed by atoms with van der Waals surface area (Å²) in [5, 5.41) is 22.9. The third-order valence-electron chi connectivity index (χ3n) is 12.5. The summed E-state index contributed by atoms with van der Waals surface area (Å²) in [6.45, 7) is 13.7. The standard InChI is InChI=1S/C35H50N2O6/c1-21(2)8-7-9-22(3)29-12-13-30-27-11-10-24-18-26(14-16-34(24,5)31(27)15-17-35(29,30)6)43-33(38)28-19-25(36(39)40)20-32(23(28)4)37(41)42/h10,19-22,26-27,29-31H,7-9,11-18H2,1-6H3/t22-,26?,27?,29-,30?,31?,34+,35-/m1/s1. The van der Waals surface area contributed by atoms with Crippen molar-refractivity contribution >= 4 is 17.3 Å². The average molecular weight is 595 g/mol. The van der Waals surface area contributed by atoms with E-state index >= 15 is 0 Å². The van der Waals surface area contributed by atoms with Gasteiger partial charge in [0.1, 0.15) is 6.10 Å². The molecule has 0 amide bonds. The number of fused-ring (bicyclic) bond motifs is 5. The number of carbonyl (C=O) groups excluding carboxylic acids is 1. The largest absolute Gasteiger partial charge is 0.458 e. The van der Waals surface area contributed by atoms with E-state index in [1.807, 2.05) is 0 Å². The van der Waals surface area contributed by atoms with Gasteiger partial charge >= 0.3 is 5.97 Å². The first-order valence-electron chi connectivity index (χ1n) is 16.6. The molecule has 8 heteroatoms. The van der Waals surface area contributed by atoms with Crippen LogP contribution in [-0.4, -0.2) is 21.9 Å². The highest BCUT2D eigenvalue weighted by molar-refractivity contribution is 5.93. The first kappa shape index (κ1) is 31.6. The van der Waals surface area contributed by atoms with Crippen molar-refractivity contribution in [1.29, 1.82) is 0 Å². The van der Waals surface area contributed by atoms with Crippen molar-refractivity contribution in [3.05, 3.63) is 55.1 Å². The zero-order valence-electron chi connectivity index (χ0n) is 26.9. The van der Waals surface area contributed by atoms with Gasteiger partial charge in [-0.25, -0.2) is 4.79 Å². The highest BCUT2D eigenvalue weighted by Gasteiger charge is 2.59. The summed E-state index contributed by atoms with van der Waals surface area (Å²) in [4.78, 5) is 34.7. The van der Waals surface area contributed by atoms with E-state index in [9.17, 15) is 25.0 Å². The van der Waals surface area contributed by atoms with Crippen molar-refractivity contribution in [2.45, 2.75) is 118 Å². The van der Waals surface area contributed by atoms with Crippen molar-refractivity contribution < 1.29 is 19.4 Å². The van der Waals surface area contributed by atoms with Crippen LogP contribution in [0, 0.1) is 73.5 Å². The number of benzene rings is 1. The van der Waals surface area contributed by atoms with E-state index in [1.165, 1.54) is 57.4 Å². The summed E-state index contributed by atoms with van der Waals surface area (Å²) in [6, 6.07) is 2.00. The molecule has 0 saturated heterocycles. The van der Waals surface area contributed by atoms with Gasteiger partial charge in [0.25, 0.3) is 11.4 Å². The lowest BCUT2D eigenvalue weighted by Crippen LogP contribution is -2.51. The Morgan fingerprint density at radius 3 is 2.42 bits per heavy atom. The van der Waals surface area contributed by atoms with Gasteiger partial charge in [-0.1, -0.05) is 65.5 Å². The number of allylic oxidation sites excluding steroid dienone is 1. The third kappa shape index (κ3) is 5.75. The van der Waals surface area contributed by atoms with E-state index in [4.69, 9.17) is 4.74 Å². The number of nitrogens with zero attached hydrogens (tertiary/aromatic N) is 2. The lowest BCUT2D eigenvalue weighted by atomic mass is 9.47. The molecule has 0 radical (unpaired) electrons. The lowest BCUT2D eigenvalue weighted by molar-refractivity contribution is -0.394. The topological polar surface area (TPSA) is 113 Å². The number of rotatable bonds is 9. The van der Waals surface area contributed by atoms with Crippen LogP contribution in [0.15, 0.2) is 23.8 Å². The van der Waals surface area contributed by atoms with Crippen LogP contribution in [0.3, 0.4) is 0 Å². The minimum absolute atomic E-state index is 0.0929. The molecular formula is C35H50N2O6. The number of ether oxygens (including phenoxy) is 1. The molecule has 236 valence electrons. The lowest BCUT2D eigenvalue weighted by Gasteiger charge is -2.58. The molecule has 8 nitrogen and oxygen atoms in total. The molecule has 4 aliphatic rings. The van der Waals surface area contributed by atoms with Gasteiger partial charge in [-0.3, -0.25) is 20.2 Å². The van der Waals surface area contributed by atoms with Gasteiger partial charge in [-0.2, -0.15) is 0 Å². The van der Waals surface area contributed by atoms with Crippen molar-refractivity contribution in [2.75, 3.05) is 0 Å². The second-order valence-electron chi connectivity index (χ2n) is 15.2. The number of carbonyl (C=O) groups is 1. The van der Waals surface area contributed by atoms with Crippen LogP contribution in [0.1, 0.15) is 121 Å². The fraction of sp³-hybridized carbons (Fsp3) is 0.743. The zero-order valence-corrected chi connectivity index (χ0v) is 26.9. The summed E-state index contributed by atoms with van der Waals surface area (Å²) in [6.07, 6.45) is 14.9. The number of hydrogen-bond acceptors (Lipinski definition) is 6. The van der Waals surface area contributed by atoms with Crippen molar-refractivity contribution in [3.63, 3.8) is 0 Å². The molecule has 0 aromatic heterocycles. The normalized spacial score (nSPS) is 34.0. The van der Waals surface area contributed by atoms with E-state index in [0.717, 1.165) is 55.1 Å². The number of esters is 1. The molecule has 0 spiro atoms. The number of hydrogen-bond donors (Lipinski definition) is 0. The van der Waals surface area contributed by atoms with Crippen molar-refractivity contribution in [3.8, 4) is 0 Å². The Hall–Kier alpha value is -2.77. The molecule has 3 fully saturated rings. The van der Waals surface area contributed by atoms with Gasteiger partial charge in [0.2, 0.25) is 0 Å². The van der Waals surface area contributed by atoms with E-state index in [0.29, 0.717) is 23.7 Å². The van der Waals surface area contributed by atoms with Gasteiger partial charge in [-0.05, 0) is 98.2 Å². The van der Waals surface area contributed by atoms with E-state index in [-0.39, 0.29) is 22.6 Å². The molecule has 0 aliphatic heterocycles. The molecule has 0 bridgehead atoms. The molecule has 5 rings (SSSR count). The van der Waals surface area contributed by atoms with Gasteiger partial charge in [0, 0.05) is 18.1 Å². The average Bonchev–Trinajstić information content (AvgIpc) is 3.30. The molecule has 8 atom stereocenters. The fourth-order valence-corrected chi connectivity index (χ4v) is 10.2. The molecule has 0 heterocycles. The summed E-state index contributed by atoms with van der Waals surface area (Å²) in [5.74, 6) is 3.82.